The van der Waals surface area contributed by atoms with Crippen molar-refractivity contribution in [3.63, 3.8) is 0 Å². The van der Waals surface area contributed by atoms with Gasteiger partial charge in [0.15, 0.2) is 0 Å². The number of alkyl halides is 3. The van der Waals surface area contributed by atoms with Crippen LogP contribution in [-0.2, 0) is 21.0 Å². The van der Waals surface area contributed by atoms with Crippen molar-refractivity contribution < 1.29 is 26.4 Å². The average Bonchev–Trinajstić information content (AvgIpc) is 2.69. The Bertz CT molecular complexity index is 1060. The van der Waals surface area contributed by atoms with E-state index in [4.69, 9.17) is 0 Å². The van der Waals surface area contributed by atoms with Gasteiger partial charge in [-0.15, -0.1) is 0 Å². The first-order chi connectivity index (χ1) is 14.2. The van der Waals surface area contributed by atoms with Crippen LogP contribution in [0.4, 0.5) is 18.9 Å². The molecule has 0 atom stereocenters. The predicted octanol–water partition coefficient (Wildman–Crippen LogP) is 4.44. The van der Waals surface area contributed by atoms with Gasteiger partial charge in [-0.05, 0) is 37.3 Å². The molecular formula is C21H24F3N3O3S. The molecule has 0 heterocycles. The summed E-state index contributed by atoms with van der Waals surface area (Å²) in [6, 6.07) is 11.0. The van der Waals surface area contributed by atoms with Crippen LogP contribution in [0.2, 0.25) is 0 Å². The first-order valence-electron chi connectivity index (χ1n) is 9.31. The van der Waals surface area contributed by atoms with Gasteiger partial charge >= 0.3 is 6.18 Å². The molecule has 0 aliphatic heterocycles. The molecular weight excluding hydrogens is 431 g/mol. The number of halogens is 3. The van der Waals surface area contributed by atoms with Gasteiger partial charge in [0.05, 0.1) is 16.1 Å². The van der Waals surface area contributed by atoms with E-state index in [9.17, 15) is 26.4 Å². The summed E-state index contributed by atoms with van der Waals surface area (Å²) in [6.07, 6.45) is -4.67. The highest BCUT2D eigenvalue weighted by Gasteiger charge is 2.33. The maximum Gasteiger partial charge on any atom is 0.416 e. The summed E-state index contributed by atoms with van der Waals surface area (Å²) < 4.78 is 66.5. The number of sulfonamides is 1. The maximum atomic E-state index is 13.2. The van der Waals surface area contributed by atoms with Gasteiger partial charge in [-0.2, -0.15) is 18.3 Å². The van der Waals surface area contributed by atoms with E-state index in [0.29, 0.717) is 16.1 Å². The number of nitrogens with zero attached hydrogens (tertiary/aromatic N) is 2. The SMILES string of the molecule is CC(=NNC(=O)CN(c1cccc(C(F)(F)F)c1)S(=O)(=O)c1ccccc1)C(C)(C)C. The lowest BCUT2D eigenvalue weighted by atomic mass is 9.91. The lowest BCUT2D eigenvalue weighted by Gasteiger charge is -2.24. The summed E-state index contributed by atoms with van der Waals surface area (Å²) in [7, 11) is -4.32. The van der Waals surface area contributed by atoms with Gasteiger partial charge in [0, 0.05) is 11.1 Å². The molecule has 168 valence electrons. The Balaban J connectivity index is 2.46. The van der Waals surface area contributed by atoms with Crippen LogP contribution in [0, 0.1) is 5.41 Å². The van der Waals surface area contributed by atoms with E-state index in [1.165, 1.54) is 30.3 Å². The summed E-state index contributed by atoms with van der Waals surface area (Å²) in [5.41, 5.74) is 1.23. The molecule has 0 saturated carbocycles. The molecule has 0 bridgehead atoms. The van der Waals surface area contributed by atoms with Gasteiger partial charge in [0.1, 0.15) is 6.54 Å². The van der Waals surface area contributed by atoms with Gasteiger partial charge in [-0.25, -0.2) is 13.8 Å². The fourth-order valence-electron chi connectivity index (χ4n) is 2.35. The van der Waals surface area contributed by atoms with Gasteiger partial charge in [-0.3, -0.25) is 9.10 Å². The zero-order chi connectivity index (χ0) is 23.4. The van der Waals surface area contributed by atoms with Gasteiger partial charge in [0.2, 0.25) is 0 Å². The number of amides is 1. The minimum absolute atomic E-state index is 0.158. The second-order valence-electron chi connectivity index (χ2n) is 7.86. The zero-order valence-corrected chi connectivity index (χ0v) is 18.4. The molecule has 0 radical (unpaired) electrons. The third-order valence-corrected chi connectivity index (χ3v) is 6.30. The van der Waals surface area contributed by atoms with Crippen molar-refractivity contribution in [1.29, 1.82) is 0 Å². The van der Waals surface area contributed by atoms with Crippen LogP contribution in [0.25, 0.3) is 0 Å². The molecule has 10 heteroatoms. The molecule has 0 fully saturated rings. The molecule has 1 N–H and O–H groups in total. The lowest BCUT2D eigenvalue weighted by molar-refractivity contribution is -0.137. The van der Waals surface area contributed by atoms with Crippen molar-refractivity contribution >= 4 is 27.3 Å². The molecule has 0 spiro atoms. The number of nitrogens with one attached hydrogen (secondary N) is 1. The monoisotopic (exact) mass is 455 g/mol. The van der Waals surface area contributed by atoms with Crippen LogP contribution in [0.15, 0.2) is 64.6 Å². The molecule has 0 aliphatic carbocycles. The second-order valence-corrected chi connectivity index (χ2v) is 9.72. The number of carbonyl (C=O) groups is 1. The highest BCUT2D eigenvalue weighted by molar-refractivity contribution is 7.92. The molecule has 2 aromatic carbocycles. The third-order valence-electron chi connectivity index (χ3n) is 4.51. The zero-order valence-electron chi connectivity index (χ0n) is 17.6. The fourth-order valence-corrected chi connectivity index (χ4v) is 3.79. The maximum absolute atomic E-state index is 13.2. The quantitative estimate of drug-likeness (QED) is 0.517. The van der Waals surface area contributed by atoms with E-state index in [-0.39, 0.29) is 16.0 Å². The largest absolute Gasteiger partial charge is 0.416 e. The first kappa shape index (κ1) is 24.4. The van der Waals surface area contributed by atoms with E-state index in [0.717, 1.165) is 12.1 Å². The normalized spacial score (nSPS) is 13.1. The minimum Gasteiger partial charge on any atom is -0.271 e. The van der Waals surface area contributed by atoms with Crippen molar-refractivity contribution in [3.8, 4) is 0 Å². The van der Waals surface area contributed by atoms with Crippen LogP contribution in [0.3, 0.4) is 0 Å². The van der Waals surface area contributed by atoms with E-state index in [2.05, 4.69) is 10.5 Å². The van der Waals surface area contributed by atoms with Crippen LogP contribution < -0.4 is 9.73 Å². The topological polar surface area (TPSA) is 78.8 Å². The molecule has 0 saturated heterocycles. The number of anilines is 1. The first-order valence-corrected chi connectivity index (χ1v) is 10.8. The highest BCUT2D eigenvalue weighted by atomic mass is 32.2. The van der Waals surface area contributed by atoms with Crippen molar-refractivity contribution in [3.05, 3.63) is 60.2 Å². The van der Waals surface area contributed by atoms with Crippen LogP contribution in [0.1, 0.15) is 33.3 Å². The van der Waals surface area contributed by atoms with Crippen LogP contribution in [0.5, 0.6) is 0 Å². The smallest absolute Gasteiger partial charge is 0.271 e. The van der Waals surface area contributed by atoms with Gasteiger partial charge in [0.25, 0.3) is 15.9 Å². The molecule has 2 rings (SSSR count). The number of hydrogen-bond acceptors (Lipinski definition) is 4. The number of hydrogen-bond donors (Lipinski definition) is 1. The van der Waals surface area contributed by atoms with Gasteiger partial charge < -0.3 is 0 Å². The summed E-state index contributed by atoms with van der Waals surface area (Å²) in [6.45, 7) is 6.59. The van der Waals surface area contributed by atoms with Gasteiger partial charge in [-0.1, -0.05) is 45.0 Å². The molecule has 0 unspecified atom stereocenters. The summed E-state index contributed by atoms with van der Waals surface area (Å²) >= 11 is 0. The van der Waals surface area contributed by atoms with Crippen molar-refractivity contribution in [2.45, 2.75) is 38.8 Å². The Morgan fingerprint density at radius 3 is 2.19 bits per heavy atom. The van der Waals surface area contributed by atoms with E-state index < -0.39 is 34.2 Å². The highest BCUT2D eigenvalue weighted by Crippen LogP contribution is 2.33. The Labute approximate surface area is 179 Å². The molecule has 1 amide bonds. The van der Waals surface area contributed by atoms with E-state index in [1.54, 1.807) is 13.0 Å². The Hall–Kier alpha value is -2.88. The summed E-state index contributed by atoms with van der Waals surface area (Å²) in [5.74, 6) is -0.791. The molecule has 2 aromatic rings. The van der Waals surface area contributed by atoms with E-state index >= 15 is 0 Å². The average molecular weight is 456 g/mol. The summed E-state index contributed by atoms with van der Waals surface area (Å²) in [5, 5.41) is 3.97. The number of hydrazone groups is 1. The Morgan fingerprint density at radius 2 is 1.65 bits per heavy atom. The number of benzene rings is 2. The lowest BCUT2D eigenvalue weighted by Crippen LogP contribution is -2.40. The van der Waals surface area contributed by atoms with Crippen molar-refractivity contribution in [2.24, 2.45) is 10.5 Å². The predicted molar refractivity (Wildman–Crippen MR) is 113 cm³/mol. The van der Waals surface area contributed by atoms with Crippen molar-refractivity contribution in [2.75, 3.05) is 10.8 Å². The second kappa shape index (κ2) is 9.09. The molecule has 0 aromatic heterocycles. The van der Waals surface area contributed by atoms with Crippen LogP contribution >= 0.6 is 0 Å². The Morgan fingerprint density at radius 1 is 1.03 bits per heavy atom. The van der Waals surface area contributed by atoms with Crippen molar-refractivity contribution in [1.82, 2.24) is 5.43 Å². The molecule has 6 nitrogen and oxygen atoms in total. The Kier molecular flexibility index (Phi) is 7.15. The number of carbonyl (C=O) groups excluding carboxylic acids is 1. The molecule has 31 heavy (non-hydrogen) atoms. The third kappa shape index (κ3) is 6.30. The number of rotatable bonds is 6. The minimum atomic E-state index is -4.67. The van der Waals surface area contributed by atoms with Crippen LogP contribution in [-0.4, -0.2) is 26.6 Å². The fraction of sp³-hybridized carbons (Fsp3) is 0.333. The standard InChI is InChI=1S/C21H24F3N3O3S/c1-15(20(2,3)4)25-26-19(28)14-27(31(29,30)18-11-6-5-7-12-18)17-10-8-9-16(13-17)21(22,23)24/h5-13H,14H2,1-4H3,(H,26,28). The molecule has 0 aliphatic rings. The van der Waals surface area contributed by atoms with E-state index in [1.807, 2.05) is 20.8 Å². The summed E-state index contributed by atoms with van der Waals surface area (Å²) in [4.78, 5) is 12.3.